The average Bonchev–Trinajstić information content (AvgIpc) is 2.59. The Morgan fingerprint density at radius 1 is 0.625 bits per heavy atom. The number of esters is 2. The third-order valence-electron chi connectivity index (χ3n) is 4.25. The van der Waals surface area contributed by atoms with Crippen molar-refractivity contribution in [1.82, 2.24) is 0 Å². The van der Waals surface area contributed by atoms with Gasteiger partial charge in [-0.05, 0) is 19.3 Å². The molecule has 0 aromatic heterocycles. The zero-order chi connectivity index (χ0) is 17.9. The maximum atomic E-state index is 11.6. The van der Waals surface area contributed by atoms with Crippen LogP contribution in [0, 0.1) is 0 Å². The van der Waals surface area contributed by atoms with E-state index in [4.69, 9.17) is 4.74 Å². The zero-order valence-electron chi connectivity index (χ0n) is 15.9. The number of methoxy groups -OCH3 is 1. The first kappa shape index (κ1) is 22.9. The minimum atomic E-state index is -0.108. The number of ether oxygens (including phenoxy) is 2. The molecule has 0 aromatic carbocycles. The van der Waals surface area contributed by atoms with Gasteiger partial charge in [-0.1, -0.05) is 71.1 Å². The van der Waals surface area contributed by atoms with Crippen LogP contribution in [-0.4, -0.2) is 25.7 Å². The third-order valence-corrected chi connectivity index (χ3v) is 4.25. The SMILES string of the molecule is CCCCCCCOC(=O)CCCCCCCCCCC(=O)OC. The topological polar surface area (TPSA) is 52.6 Å². The van der Waals surface area contributed by atoms with Crippen molar-refractivity contribution in [3.8, 4) is 0 Å². The van der Waals surface area contributed by atoms with Crippen molar-refractivity contribution >= 4 is 11.9 Å². The molecule has 0 amide bonds. The number of hydrogen-bond donors (Lipinski definition) is 0. The molecule has 0 aliphatic rings. The molecule has 142 valence electrons. The molecule has 4 nitrogen and oxygen atoms in total. The standard InChI is InChI=1S/C20H38O4/c1-3-4-5-12-15-18-24-20(22)17-14-11-9-7-6-8-10-13-16-19(21)23-2/h3-18H2,1-2H3. The summed E-state index contributed by atoms with van der Waals surface area (Å²) in [6, 6.07) is 0. The number of carbonyl (C=O) groups is 2. The first-order valence-corrected chi connectivity index (χ1v) is 9.93. The second kappa shape index (κ2) is 18.3. The van der Waals surface area contributed by atoms with E-state index < -0.39 is 0 Å². The first-order chi connectivity index (χ1) is 11.7. The highest BCUT2D eigenvalue weighted by Gasteiger charge is 2.02. The Labute approximate surface area is 148 Å². The highest BCUT2D eigenvalue weighted by molar-refractivity contribution is 5.69. The van der Waals surface area contributed by atoms with Gasteiger partial charge in [-0.3, -0.25) is 9.59 Å². The van der Waals surface area contributed by atoms with Gasteiger partial charge in [-0.25, -0.2) is 0 Å². The maximum Gasteiger partial charge on any atom is 0.305 e. The third kappa shape index (κ3) is 17.3. The van der Waals surface area contributed by atoms with Gasteiger partial charge in [-0.15, -0.1) is 0 Å². The number of rotatable bonds is 17. The molecule has 4 heteroatoms. The second-order valence-electron chi connectivity index (χ2n) is 6.54. The van der Waals surface area contributed by atoms with Crippen LogP contribution in [0.15, 0.2) is 0 Å². The van der Waals surface area contributed by atoms with Gasteiger partial charge < -0.3 is 9.47 Å². The molecule has 0 aromatic rings. The molecule has 0 atom stereocenters. The molecule has 0 fully saturated rings. The molecule has 24 heavy (non-hydrogen) atoms. The Morgan fingerprint density at radius 2 is 1.08 bits per heavy atom. The van der Waals surface area contributed by atoms with Crippen LogP contribution >= 0.6 is 0 Å². The van der Waals surface area contributed by atoms with Gasteiger partial charge in [0.2, 0.25) is 0 Å². The number of unbranched alkanes of at least 4 members (excludes halogenated alkanes) is 11. The molecule has 0 spiro atoms. The monoisotopic (exact) mass is 342 g/mol. The zero-order valence-corrected chi connectivity index (χ0v) is 15.9. The first-order valence-electron chi connectivity index (χ1n) is 9.93. The van der Waals surface area contributed by atoms with E-state index in [9.17, 15) is 9.59 Å². The summed E-state index contributed by atoms with van der Waals surface area (Å²) in [5.74, 6) is -0.142. The summed E-state index contributed by atoms with van der Waals surface area (Å²) in [5.41, 5.74) is 0. The lowest BCUT2D eigenvalue weighted by atomic mass is 10.1. The molecule has 0 aliphatic carbocycles. The van der Waals surface area contributed by atoms with E-state index in [0.717, 1.165) is 32.1 Å². The normalized spacial score (nSPS) is 10.6. The van der Waals surface area contributed by atoms with Gasteiger partial charge in [0.15, 0.2) is 0 Å². The van der Waals surface area contributed by atoms with Crippen LogP contribution in [0.5, 0.6) is 0 Å². The Hall–Kier alpha value is -1.06. The van der Waals surface area contributed by atoms with Crippen LogP contribution in [0.4, 0.5) is 0 Å². The maximum absolute atomic E-state index is 11.6. The molecular formula is C20H38O4. The smallest absolute Gasteiger partial charge is 0.305 e. The van der Waals surface area contributed by atoms with E-state index in [1.165, 1.54) is 58.5 Å². The molecule has 0 saturated carbocycles. The van der Waals surface area contributed by atoms with E-state index >= 15 is 0 Å². The molecule has 0 heterocycles. The van der Waals surface area contributed by atoms with Gasteiger partial charge in [-0.2, -0.15) is 0 Å². The molecule has 0 N–H and O–H groups in total. The van der Waals surface area contributed by atoms with E-state index in [0.29, 0.717) is 19.4 Å². The number of carbonyl (C=O) groups excluding carboxylic acids is 2. The lowest BCUT2D eigenvalue weighted by molar-refractivity contribution is -0.144. The van der Waals surface area contributed by atoms with E-state index in [2.05, 4.69) is 11.7 Å². The Kier molecular flexibility index (Phi) is 17.5. The summed E-state index contributed by atoms with van der Waals surface area (Å²) >= 11 is 0. The van der Waals surface area contributed by atoms with Crippen molar-refractivity contribution in [2.75, 3.05) is 13.7 Å². The molecule has 0 bridgehead atoms. The Bertz CT molecular complexity index is 302. The second-order valence-corrected chi connectivity index (χ2v) is 6.54. The molecule has 0 aliphatic heterocycles. The fourth-order valence-corrected chi connectivity index (χ4v) is 2.67. The quantitative estimate of drug-likeness (QED) is 0.256. The Morgan fingerprint density at radius 3 is 1.62 bits per heavy atom. The highest BCUT2D eigenvalue weighted by Crippen LogP contribution is 2.11. The van der Waals surface area contributed by atoms with Crippen LogP contribution in [0.2, 0.25) is 0 Å². The highest BCUT2D eigenvalue weighted by atomic mass is 16.5. The van der Waals surface area contributed by atoms with Crippen LogP contribution < -0.4 is 0 Å². The van der Waals surface area contributed by atoms with Crippen molar-refractivity contribution in [2.24, 2.45) is 0 Å². The fraction of sp³-hybridized carbons (Fsp3) is 0.900. The predicted octanol–water partition coefficient (Wildman–Crippen LogP) is 5.57. The Balaban J connectivity index is 3.18. The molecule has 0 unspecified atom stereocenters. The van der Waals surface area contributed by atoms with E-state index in [-0.39, 0.29) is 11.9 Å². The summed E-state index contributed by atoms with van der Waals surface area (Å²) in [6.45, 7) is 2.79. The minimum Gasteiger partial charge on any atom is -0.469 e. The lowest BCUT2D eigenvalue weighted by Gasteiger charge is -2.05. The molecule has 0 rings (SSSR count). The summed E-state index contributed by atoms with van der Waals surface area (Å²) in [6.07, 6.45) is 15.9. The van der Waals surface area contributed by atoms with Gasteiger partial charge in [0, 0.05) is 12.8 Å². The summed E-state index contributed by atoms with van der Waals surface area (Å²) in [4.78, 5) is 22.5. The van der Waals surface area contributed by atoms with Gasteiger partial charge >= 0.3 is 11.9 Å². The van der Waals surface area contributed by atoms with Crippen LogP contribution in [0.25, 0.3) is 0 Å². The summed E-state index contributed by atoms with van der Waals surface area (Å²) in [5, 5.41) is 0. The van der Waals surface area contributed by atoms with Gasteiger partial charge in [0.05, 0.1) is 13.7 Å². The largest absolute Gasteiger partial charge is 0.469 e. The minimum absolute atomic E-state index is 0.0340. The van der Waals surface area contributed by atoms with Crippen LogP contribution in [-0.2, 0) is 19.1 Å². The van der Waals surface area contributed by atoms with Crippen molar-refractivity contribution in [1.29, 1.82) is 0 Å². The molecular weight excluding hydrogens is 304 g/mol. The van der Waals surface area contributed by atoms with Gasteiger partial charge in [0.25, 0.3) is 0 Å². The van der Waals surface area contributed by atoms with E-state index in [1.54, 1.807) is 0 Å². The summed E-state index contributed by atoms with van der Waals surface area (Å²) in [7, 11) is 1.44. The lowest BCUT2D eigenvalue weighted by Crippen LogP contribution is -2.05. The number of hydrogen-bond acceptors (Lipinski definition) is 4. The van der Waals surface area contributed by atoms with Crippen molar-refractivity contribution in [3.63, 3.8) is 0 Å². The van der Waals surface area contributed by atoms with Crippen LogP contribution in [0.3, 0.4) is 0 Å². The van der Waals surface area contributed by atoms with Gasteiger partial charge in [0.1, 0.15) is 0 Å². The fourth-order valence-electron chi connectivity index (χ4n) is 2.67. The van der Waals surface area contributed by atoms with Crippen molar-refractivity contribution in [3.05, 3.63) is 0 Å². The average molecular weight is 343 g/mol. The summed E-state index contributed by atoms with van der Waals surface area (Å²) < 4.78 is 9.86. The van der Waals surface area contributed by atoms with E-state index in [1.807, 2.05) is 0 Å². The van der Waals surface area contributed by atoms with Crippen molar-refractivity contribution in [2.45, 2.75) is 103 Å². The van der Waals surface area contributed by atoms with Crippen molar-refractivity contribution < 1.29 is 19.1 Å². The molecule has 0 radical (unpaired) electrons. The van der Waals surface area contributed by atoms with Crippen LogP contribution in [0.1, 0.15) is 103 Å². The molecule has 0 saturated heterocycles. The predicted molar refractivity (Wildman–Crippen MR) is 97.9 cm³/mol.